The summed E-state index contributed by atoms with van der Waals surface area (Å²) in [5, 5.41) is 0. The molecule has 1 spiro atoms. The molecule has 1 saturated heterocycles. The van der Waals surface area contributed by atoms with E-state index in [0.717, 1.165) is 32.5 Å². The summed E-state index contributed by atoms with van der Waals surface area (Å²) in [5.41, 5.74) is 3.16. The highest BCUT2D eigenvalue weighted by molar-refractivity contribution is 4.93. The minimum absolute atomic E-state index is 0.162. The van der Waals surface area contributed by atoms with E-state index in [2.05, 4.69) is 5.43 Å². The summed E-state index contributed by atoms with van der Waals surface area (Å²) in [5.74, 6) is 6.37. The molecule has 0 aromatic heterocycles. The second-order valence-electron chi connectivity index (χ2n) is 6.16. The van der Waals surface area contributed by atoms with E-state index in [1.807, 2.05) is 0 Å². The number of nitrogens with one attached hydrogen (secondary N) is 1. The molecule has 2 fully saturated rings. The Hall–Kier alpha value is -0.200. The van der Waals surface area contributed by atoms with E-state index in [1.54, 1.807) is 7.11 Å². The second kappa shape index (κ2) is 8.29. The molecule has 3 N–H and O–H groups in total. The smallest absolute Gasteiger partial charge is 0.0700 e. The first-order valence-electron chi connectivity index (χ1n) is 7.96. The Morgan fingerprint density at radius 3 is 2.80 bits per heavy atom. The molecule has 2 atom stereocenters. The fraction of sp³-hybridized carbons (Fsp3) is 1.00. The van der Waals surface area contributed by atoms with Crippen LogP contribution in [-0.4, -0.2) is 45.2 Å². The average molecular weight is 286 g/mol. The SMILES string of the molecule is COCCOCCC(NN)C1CCOC2(CCCC2)C1. The Morgan fingerprint density at radius 2 is 2.10 bits per heavy atom. The van der Waals surface area contributed by atoms with Gasteiger partial charge in [-0.2, -0.15) is 0 Å². The monoisotopic (exact) mass is 286 g/mol. The van der Waals surface area contributed by atoms with Crippen LogP contribution in [0.1, 0.15) is 44.9 Å². The van der Waals surface area contributed by atoms with E-state index < -0.39 is 0 Å². The maximum absolute atomic E-state index is 6.09. The minimum atomic E-state index is 0.162. The Labute approximate surface area is 122 Å². The molecule has 2 rings (SSSR count). The maximum atomic E-state index is 6.09. The van der Waals surface area contributed by atoms with Crippen molar-refractivity contribution in [1.29, 1.82) is 0 Å². The number of nitrogens with two attached hydrogens (primary N) is 1. The molecule has 2 unspecified atom stereocenters. The van der Waals surface area contributed by atoms with Crippen LogP contribution in [0.15, 0.2) is 0 Å². The molecule has 1 heterocycles. The van der Waals surface area contributed by atoms with Gasteiger partial charge in [-0.05, 0) is 38.0 Å². The predicted octanol–water partition coefficient (Wildman–Crippen LogP) is 1.61. The minimum Gasteiger partial charge on any atom is -0.382 e. The molecule has 5 heteroatoms. The number of hydrazine groups is 1. The van der Waals surface area contributed by atoms with Crippen molar-refractivity contribution in [3.63, 3.8) is 0 Å². The van der Waals surface area contributed by atoms with E-state index in [0.29, 0.717) is 25.2 Å². The summed E-state index contributed by atoms with van der Waals surface area (Å²) >= 11 is 0. The van der Waals surface area contributed by atoms with Crippen molar-refractivity contribution in [2.75, 3.05) is 33.5 Å². The third-order valence-electron chi connectivity index (χ3n) is 4.83. The molecule has 0 aromatic rings. The lowest BCUT2D eigenvalue weighted by Gasteiger charge is -2.41. The van der Waals surface area contributed by atoms with Crippen molar-refractivity contribution in [3.05, 3.63) is 0 Å². The highest BCUT2D eigenvalue weighted by Crippen LogP contribution is 2.43. The lowest BCUT2D eigenvalue weighted by atomic mass is 9.80. The number of ether oxygens (including phenoxy) is 3. The van der Waals surface area contributed by atoms with Crippen LogP contribution in [-0.2, 0) is 14.2 Å². The van der Waals surface area contributed by atoms with Crippen LogP contribution in [0.25, 0.3) is 0 Å². The van der Waals surface area contributed by atoms with Crippen molar-refractivity contribution in [1.82, 2.24) is 5.43 Å². The van der Waals surface area contributed by atoms with E-state index in [-0.39, 0.29) is 5.60 Å². The molecule has 2 aliphatic rings. The highest BCUT2D eigenvalue weighted by atomic mass is 16.5. The van der Waals surface area contributed by atoms with Crippen LogP contribution >= 0.6 is 0 Å². The molecule has 20 heavy (non-hydrogen) atoms. The van der Waals surface area contributed by atoms with Gasteiger partial charge in [-0.25, -0.2) is 0 Å². The summed E-state index contributed by atoms with van der Waals surface area (Å²) < 4.78 is 16.6. The predicted molar refractivity (Wildman–Crippen MR) is 78.3 cm³/mol. The molecule has 1 aliphatic heterocycles. The van der Waals surface area contributed by atoms with Crippen LogP contribution in [0.2, 0.25) is 0 Å². The van der Waals surface area contributed by atoms with Crippen LogP contribution in [0.3, 0.4) is 0 Å². The Balaban J connectivity index is 1.75. The first kappa shape index (κ1) is 16.2. The van der Waals surface area contributed by atoms with Gasteiger partial charge in [0.25, 0.3) is 0 Å². The number of hydrogen-bond acceptors (Lipinski definition) is 5. The number of hydrogen-bond donors (Lipinski definition) is 2. The Bertz CT molecular complexity index is 270. The lowest BCUT2D eigenvalue weighted by molar-refractivity contribution is -0.0992. The summed E-state index contributed by atoms with van der Waals surface area (Å²) in [6, 6.07) is 0.332. The molecule has 0 aromatic carbocycles. The molecular weight excluding hydrogens is 256 g/mol. The van der Waals surface area contributed by atoms with Gasteiger partial charge in [0, 0.05) is 26.4 Å². The molecule has 1 saturated carbocycles. The van der Waals surface area contributed by atoms with E-state index >= 15 is 0 Å². The van der Waals surface area contributed by atoms with Gasteiger partial charge in [-0.3, -0.25) is 11.3 Å². The fourth-order valence-electron chi connectivity index (χ4n) is 3.69. The van der Waals surface area contributed by atoms with Crippen LogP contribution in [0.4, 0.5) is 0 Å². The number of rotatable bonds is 8. The largest absolute Gasteiger partial charge is 0.382 e. The fourth-order valence-corrected chi connectivity index (χ4v) is 3.69. The zero-order valence-corrected chi connectivity index (χ0v) is 12.7. The maximum Gasteiger partial charge on any atom is 0.0700 e. The van der Waals surface area contributed by atoms with Gasteiger partial charge in [-0.15, -0.1) is 0 Å². The first-order valence-corrected chi connectivity index (χ1v) is 7.96. The topological polar surface area (TPSA) is 65.7 Å². The second-order valence-corrected chi connectivity index (χ2v) is 6.16. The molecule has 0 bridgehead atoms. The third-order valence-corrected chi connectivity index (χ3v) is 4.83. The highest BCUT2D eigenvalue weighted by Gasteiger charge is 2.41. The summed E-state index contributed by atoms with van der Waals surface area (Å²) in [4.78, 5) is 0. The van der Waals surface area contributed by atoms with Crippen molar-refractivity contribution >= 4 is 0 Å². The van der Waals surface area contributed by atoms with Gasteiger partial charge in [0.15, 0.2) is 0 Å². The third kappa shape index (κ3) is 4.40. The van der Waals surface area contributed by atoms with E-state index in [9.17, 15) is 0 Å². The van der Waals surface area contributed by atoms with Gasteiger partial charge in [0.1, 0.15) is 0 Å². The zero-order chi connectivity index (χ0) is 14.3. The van der Waals surface area contributed by atoms with Crippen LogP contribution in [0.5, 0.6) is 0 Å². The van der Waals surface area contributed by atoms with E-state index in [1.165, 1.54) is 25.7 Å². The van der Waals surface area contributed by atoms with Crippen LogP contribution in [0, 0.1) is 5.92 Å². The lowest BCUT2D eigenvalue weighted by Crippen LogP contribution is -2.48. The van der Waals surface area contributed by atoms with Crippen LogP contribution < -0.4 is 11.3 Å². The molecular formula is C15H30N2O3. The Kier molecular flexibility index (Phi) is 6.71. The van der Waals surface area contributed by atoms with Gasteiger partial charge in [0.05, 0.1) is 18.8 Å². The quantitative estimate of drug-likeness (QED) is 0.403. The van der Waals surface area contributed by atoms with Crippen molar-refractivity contribution in [2.24, 2.45) is 11.8 Å². The van der Waals surface area contributed by atoms with Crippen molar-refractivity contribution in [2.45, 2.75) is 56.6 Å². The normalized spacial score (nSPS) is 27.0. The number of methoxy groups -OCH3 is 1. The average Bonchev–Trinajstić information content (AvgIpc) is 2.91. The summed E-state index contributed by atoms with van der Waals surface area (Å²) in [6.45, 7) is 2.93. The summed E-state index contributed by atoms with van der Waals surface area (Å²) in [6.07, 6.45) is 8.30. The first-order chi connectivity index (χ1) is 9.79. The van der Waals surface area contributed by atoms with Crippen molar-refractivity contribution < 1.29 is 14.2 Å². The van der Waals surface area contributed by atoms with Gasteiger partial charge >= 0.3 is 0 Å². The van der Waals surface area contributed by atoms with Crippen molar-refractivity contribution in [3.8, 4) is 0 Å². The molecule has 0 amide bonds. The summed E-state index contributed by atoms with van der Waals surface area (Å²) in [7, 11) is 1.69. The Morgan fingerprint density at radius 1 is 1.30 bits per heavy atom. The van der Waals surface area contributed by atoms with Gasteiger partial charge in [0.2, 0.25) is 0 Å². The molecule has 5 nitrogen and oxygen atoms in total. The molecule has 1 aliphatic carbocycles. The van der Waals surface area contributed by atoms with Gasteiger partial charge in [-0.1, -0.05) is 12.8 Å². The molecule has 118 valence electrons. The standard InChI is InChI=1S/C15H30N2O3/c1-18-10-11-19-8-5-14(17-16)13-4-9-20-15(12-13)6-2-3-7-15/h13-14,17H,2-12,16H2,1H3. The zero-order valence-electron chi connectivity index (χ0n) is 12.7. The van der Waals surface area contributed by atoms with Gasteiger partial charge < -0.3 is 14.2 Å². The molecule has 0 radical (unpaired) electrons. The van der Waals surface area contributed by atoms with E-state index in [4.69, 9.17) is 20.1 Å².